The lowest BCUT2D eigenvalue weighted by Crippen LogP contribution is -2.44. The molecule has 1 amide bonds. The van der Waals surface area contributed by atoms with Crippen molar-refractivity contribution in [2.24, 2.45) is 0 Å². The van der Waals surface area contributed by atoms with Crippen LogP contribution in [-0.4, -0.2) is 52.7 Å². The quantitative estimate of drug-likeness (QED) is 0.678. The van der Waals surface area contributed by atoms with Crippen LogP contribution in [0.3, 0.4) is 0 Å². The molecule has 0 aromatic carbocycles. The molecule has 5 nitrogen and oxygen atoms in total. The number of amides is 1. The molecule has 1 saturated heterocycles. The van der Waals surface area contributed by atoms with Gasteiger partial charge >= 0.3 is 0 Å². The summed E-state index contributed by atoms with van der Waals surface area (Å²) in [6.07, 6.45) is 3.67. The lowest BCUT2D eigenvalue weighted by Gasteiger charge is -2.31. The second-order valence-corrected chi connectivity index (χ2v) is 8.04. The van der Waals surface area contributed by atoms with E-state index in [1.54, 1.807) is 17.7 Å². The molecule has 1 fully saturated rings. The van der Waals surface area contributed by atoms with E-state index in [0.717, 1.165) is 41.2 Å². The minimum atomic E-state index is 0.209. The number of fused-ring (bicyclic) bond motifs is 1. The van der Waals surface area contributed by atoms with E-state index < -0.39 is 0 Å². The minimum absolute atomic E-state index is 0.209. The molecule has 1 N–H and O–H groups in total. The van der Waals surface area contributed by atoms with Crippen LogP contribution < -0.4 is 5.32 Å². The lowest BCUT2D eigenvalue weighted by molar-refractivity contribution is -0.129. The standard InChI is InChI=1S/C16H22N4OS2/c1-10-11(2)23-16-14(10)15(18-9-19-16)22-8-13(21)20-6-4-12(17-3)5-7-20/h9,12,17H,4-8H2,1-3H3. The van der Waals surface area contributed by atoms with E-state index in [0.29, 0.717) is 11.8 Å². The summed E-state index contributed by atoms with van der Waals surface area (Å²) in [5, 5.41) is 5.33. The zero-order valence-electron chi connectivity index (χ0n) is 13.8. The Labute approximate surface area is 144 Å². The second-order valence-electron chi connectivity index (χ2n) is 5.87. The summed E-state index contributed by atoms with van der Waals surface area (Å²) >= 11 is 3.23. The van der Waals surface area contributed by atoms with Gasteiger partial charge in [0.1, 0.15) is 16.2 Å². The lowest BCUT2D eigenvalue weighted by atomic mass is 10.1. The van der Waals surface area contributed by atoms with Crippen LogP contribution in [0.4, 0.5) is 0 Å². The molecule has 3 heterocycles. The van der Waals surface area contributed by atoms with Crippen molar-refractivity contribution in [2.75, 3.05) is 25.9 Å². The summed E-state index contributed by atoms with van der Waals surface area (Å²) in [6, 6.07) is 0.546. The summed E-state index contributed by atoms with van der Waals surface area (Å²) in [4.78, 5) is 25.4. The maximum atomic E-state index is 12.4. The van der Waals surface area contributed by atoms with Crippen LogP contribution in [-0.2, 0) is 4.79 Å². The molecular formula is C16H22N4OS2. The van der Waals surface area contributed by atoms with Crippen molar-refractivity contribution >= 4 is 39.2 Å². The fourth-order valence-corrected chi connectivity index (χ4v) is 4.92. The predicted molar refractivity (Wildman–Crippen MR) is 96.3 cm³/mol. The van der Waals surface area contributed by atoms with Gasteiger partial charge < -0.3 is 10.2 Å². The van der Waals surface area contributed by atoms with Gasteiger partial charge in [0, 0.05) is 29.4 Å². The first-order valence-corrected chi connectivity index (χ1v) is 9.69. The molecule has 0 unspecified atom stereocenters. The van der Waals surface area contributed by atoms with E-state index in [2.05, 4.69) is 29.1 Å². The number of aryl methyl sites for hydroxylation is 2. The number of carbonyl (C=O) groups is 1. The molecule has 0 saturated carbocycles. The van der Waals surface area contributed by atoms with Gasteiger partial charge in [-0.2, -0.15) is 0 Å². The van der Waals surface area contributed by atoms with Crippen molar-refractivity contribution in [3.05, 3.63) is 16.8 Å². The van der Waals surface area contributed by atoms with Gasteiger partial charge in [-0.15, -0.1) is 11.3 Å². The zero-order valence-corrected chi connectivity index (χ0v) is 15.4. The molecule has 0 spiro atoms. The number of hydrogen-bond donors (Lipinski definition) is 1. The third-order valence-electron chi connectivity index (χ3n) is 4.52. The van der Waals surface area contributed by atoms with Gasteiger partial charge in [-0.05, 0) is 39.3 Å². The average Bonchev–Trinajstić information content (AvgIpc) is 2.88. The van der Waals surface area contributed by atoms with Gasteiger partial charge in [0.2, 0.25) is 5.91 Å². The third kappa shape index (κ3) is 3.51. The number of thiophene rings is 1. The van der Waals surface area contributed by atoms with Gasteiger partial charge in [0.25, 0.3) is 0 Å². The molecule has 0 bridgehead atoms. The first kappa shape index (κ1) is 16.7. The molecule has 2 aromatic heterocycles. The highest BCUT2D eigenvalue weighted by Crippen LogP contribution is 2.34. The summed E-state index contributed by atoms with van der Waals surface area (Å²) in [5.74, 6) is 0.658. The normalized spacial score (nSPS) is 16.2. The highest BCUT2D eigenvalue weighted by atomic mass is 32.2. The maximum Gasteiger partial charge on any atom is 0.232 e. The molecule has 0 radical (unpaired) electrons. The van der Waals surface area contributed by atoms with Crippen LogP contribution in [0.2, 0.25) is 0 Å². The van der Waals surface area contributed by atoms with Crippen molar-refractivity contribution < 1.29 is 4.79 Å². The molecule has 0 aliphatic carbocycles. The van der Waals surface area contributed by atoms with E-state index >= 15 is 0 Å². The Morgan fingerprint density at radius 2 is 2.13 bits per heavy atom. The Kier molecular flexibility index (Phi) is 5.18. The number of likely N-dealkylation sites (tertiary alicyclic amines) is 1. The van der Waals surface area contributed by atoms with Gasteiger partial charge in [0.15, 0.2) is 0 Å². The summed E-state index contributed by atoms with van der Waals surface area (Å²) in [7, 11) is 1.99. The molecule has 3 rings (SSSR count). The summed E-state index contributed by atoms with van der Waals surface area (Å²) in [6.45, 7) is 5.90. The fraction of sp³-hybridized carbons (Fsp3) is 0.562. The van der Waals surface area contributed by atoms with Gasteiger partial charge in [-0.25, -0.2) is 9.97 Å². The average molecular weight is 351 g/mol. The number of aromatic nitrogens is 2. The number of rotatable bonds is 4. The smallest absolute Gasteiger partial charge is 0.232 e. The van der Waals surface area contributed by atoms with Crippen LogP contribution in [0.5, 0.6) is 0 Å². The van der Waals surface area contributed by atoms with Crippen LogP contribution in [0.1, 0.15) is 23.3 Å². The van der Waals surface area contributed by atoms with E-state index in [9.17, 15) is 4.79 Å². The van der Waals surface area contributed by atoms with Crippen LogP contribution in [0, 0.1) is 13.8 Å². The molecule has 1 aliphatic rings. The largest absolute Gasteiger partial charge is 0.342 e. The highest BCUT2D eigenvalue weighted by Gasteiger charge is 2.22. The Morgan fingerprint density at radius 1 is 1.39 bits per heavy atom. The Hall–Kier alpha value is -1.18. The maximum absolute atomic E-state index is 12.4. The molecular weight excluding hydrogens is 328 g/mol. The van der Waals surface area contributed by atoms with Gasteiger partial charge in [-0.3, -0.25) is 4.79 Å². The van der Waals surface area contributed by atoms with Gasteiger partial charge in [-0.1, -0.05) is 11.8 Å². The Bertz CT molecular complexity index is 707. The number of thioether (sulfide) groups is 1. The summed E-state index contributed by atoms with van der Waals surface area (Å²) in [5.41, 5.74) is 1.23. The van der Waals surface area contributed by atoms with E-state index in [-0.39, 0.29) is 5.91 Å². The number of nitrogens with zero attached hydrogens (tertiary/aromatic N) is 3. The van der Waals surface area contributed by atoms with Crippen LogP contribution >= 0.6 is 23.1 Å². The molecule has 2 aromatic rings. The second kappa shape index (κ2) is 7.15. The number of nitrogens with one attached hydrogen (secondary N) is 1. The number of piperidine rings is 1. The first-order valence-electron chi connectivity index (χ1n) is 7.88. The third-order valence-corrected chi connectivity index (χ3v) is 6.61. The Morgan fingerprint density at radius 3 is 2.83 bits per heavy atom. The van der Waals surface area contributed by atoms with E-state index in [4.69, 9.17) is 0 Å². The molecule has 0 atom stereocenters. The van der Waals surface area contributed by atoms with Crippen molar-refractivity contribution in [1.29, 1.82) is 0 Å². The first-order chi connectivity index (χ1) is 11.1. The molecule has 1 aliphatic heterocycles. The zero-order chi connectivity index (χ0) is 16.4. The van der Waals surface area contributed by atoms with Gasteiger partial charge in [0.05, 0.1) is 5.75 Å². The summed E-state index contributed by atoms with van der Waals surface area (Å²) < 4.78 is 0. The number of hydrogen-bond acceptors (Lipinski definition) is 6. The predicted octanol–water partition coefficient (Wildman–Crippen LogP) is 2.61. The van der Waals surface area contributed by atoms with Crippen molar-refractivity contribution in [2.45, 2.75) is 37.8 Å². The monoisotopic (exact) mass is 350 g/mol. The fourth-order valence-electron chi connectivity index (χ4n) is 2.90. The highest BCUT2D eigenvalue weighted by molar-refractivity contribution is 8.00. The van der Waals surface area contributed by atoms with Crippen LogP contribution in [0.25, 0.3) is 10.2 Å². The molecule has 23 heavy (non-hydrogen) atoms. The van der Waals surface area contributed by atoms with Crippen molar-refractivity contribution in [3.63, 3.8) is 0 Å². The van der Waals surface area contributed by atoms with E-state index in [1.807, 2.05) is 11.9 Å². The topological polar surface area (TPSA) is 58.1 Å². The molecule has 124 valence electrons. The Balaban J connectivity index is 1.66. The molecule has 7 heteroatoms. The van der Waals surface area contributed by atoms with E-state index in [1.165, 1.54) is 22.2 Å². The SMILES string of the molecule is CNC1CCN(C(=O)CSc2ncnc3sc(C)c(C)c23)CC1. The van der Waals surface area contributed by atoms with Crippen molar-refractivity contribution in [1.82, 2.24) is 20.2 Å². The van der Waals surface area contributed by atoms with Crippen molar-refractivity contribution in [3.8, 4) is 0 Å². The number of carbonyl (C=O) groups excluding carboxylic acids is 1. The minimum Gasteiger partial charge on any atom is -0.342 e. The van der Waals surface area contributed by atoms with Crippen LogP contribution in [0.15, 0.2) is 11.4 Å².